The summed E-state index contributed by atoms with van der Waals surface area (Å²) in [5.74, 6) is -0.824. The highest BCUT2D eigenvalue weighted by Gasteiger charge is 2.23. The molecule has 0 aliphatic heterocycles. The van der Waals surface area contributed by atoms with Crippen molar-refractivity contribution >= 4 is 5.97 Å². The lowest BCUT2D eigenvalue weighted by Crippen LogP contribution is -2.26. The molecule has 0 saturated carbocycles. The van der Waals surface area contributed by atoms with Gasteiger partial charge in [0.15, 0.2) is 0 Å². The average molecular weight is 301 g/mol. The predicted molar refractivity (Wildman–Crippen MR) is 86.2 cm³/mol. The van der Waals surface area contributed by atoms with Crippen LogP contribution < -0.4 is 0 Å². The molecule has 0 aliphatic rings. The van der Waals surface area contributed by atoms with Gasteiger partial charge in [-0.3, -0.25) is 9.69 Å². The van der Waals surface area contributed by atoms with Gasteiger partial charge in [-0.05, 0) is 19.2 Å². The second-order valence-corrected chi connectivity index (χ2v) is 6.60. The van der Waals surface area contributed by atoms with Crippen molar-refractivity contribution in [2.75, 3.05) is 13.6 Å². The normalized spacial score (nSPS) is 11.9. The molecule has 5 nitrogen and oxygen atoms in total. The van der Waals surface area contributed by atoms with E-state index in [1.807, 2.05) is 41.2 Å². The number of hydrogen-bond donors (Lipinski definition) is 1. The standard InChI is InChI=1S/C17H23N3O2/c1-17(2,3)16-13(10-19(4)12-15(21)22)11-20(18-16)14-8-6-5-7-9-14/h5-9,11H,10,12H2,1-4H3,(H,21,22). The van der Waals surface area contributed by atoms with Crippen molar-refractivity contribution < 1.29 is 9.90 Å². The molecular weight excluding hydrogens is 278 g/mol. The molecule has 2 aromatic rings. The molecule has 2 rings (SSSR count). The molecule has 0 atom stereocenters. The highest BCUT2D eigenvalue weighted by Crippen LogP contribution is 2.26. The van der Waals surface area contributed by atoms with Crippen LogP contribution in [-0.4, -0.2) is 39.3 Å². The molecule has 0 spiro atoms. The van der Waals surface area contributed by atoms with E-state index in [0.717, 1.165) is 16.9 Å². The summed E-state index contributed by atoms with van der Waals surface area (Å²) in [5, 5.41) is 13.6. The number of benzene rings is 1. The van der Waals surface area contributed by atoms with E-state index in [-0.39, 0.29) is 12.0 Å². The van der Waals surface area contributed by atoms with Gasteiger partial charge in [0.05, 0.1) is 17.9 Å². The molecule has 1 heterocycles. The van der Waals surface area contributed by atoms with Crippen molar-refractivity contribution in [3.05, 3.63) is 47.8 Å². The molecule has 0 bridgehead atoms. The number of hydrogen-bond acceptors (Lipinski definition) is 3. The molecule has 1 N–H and O–H groups in total. The lowest BCUT2D eigenvalue weighted by Gasteiger charge is -2.20. The van der Waals surface area contributed by atoms with Gasteiger partial charge in [-0.25, -0.2) is 4.68 Å². The molecule has 118 valence electrons. The largest absolute Gasteiger partial charge is 0.480 e. The summed E-state index contributed by atoms with van der Waals surface area (Å²) < 4.78 is 1.87. The van der Waals surface area contributed by atoms with Crippen molar-refractivity contribution in [3.63, 3.8) is 0 Å². The van der Waals surface area contributed by atoms with Crippen LogP contribution >= 0.6 is 0 Å². The zero-order chi connectivity index (χ0) is 16.3. The summed E-state index contributed by atoms with van der Waals surface area (Å²) in [4.78, 5) is 12.6. The Morgan fingerprint density at radius 1 is 1.27 bits per heavy atom. The van der Waals surface area contributed by atoms with Crippen molar-refractivity contribution in [2.45, 2.75) is 32.7 Å². The molecule has 0 amide bonds. The fourth-order valence-electron chi connectivity index (χ4n) is 2.45. The van der Waals surface area contributed by atoms with E-state index in [1.54, 1.807) is 11.9 Å². The second-order valence-electron chi connectivity index (χ2n) is 6.60. The average Bonchev–Trinajstić information content (AvgIpc) is 2.82. The Labute approximate surface area is 131 Å². The Hall–Kier alpha value is -2.14. The van der Waals surface area contributed by atoms with Gasteiger partial charge in [-0.2, -0.15) is 5.10 Å². The SMILES string of the molecule is CN(CC(=O)O)Cc1cn(-c2ccccc2)nc1C(C)(C)C. The van der Waals surface area contributed by atoms with E-state index in [2.05, 4.69) is 20.8 Å². The van der Waals surface area contributed by atoms with Gasteiger partial charge < -0.3 is 5.11 Å². The van der Waals surface area contributed by atoms with E-state index in [4.69, 9.17) is 10.2 Å². The topological polar surface area (TPSA) is 58.4 Å². The Bertz CT molecular complexity index is 642. The van der Waals surface area contributed by atoms with Crippen LogP contribution in [0.25, 0.3) is 5.69 Å². The summed E-state index contributed by atoms with van der Waals surface area (Å²) >= 11 is 0. The van der Waals surface area contributed by atoms with E-state index in [9.17, 15) is 4.79 Å². The van der Waals surface area contributed by atoms with Gasteiger partial charge in [-0.15, -0.1) is 0 Å². The van der Waals surface area contributed by atoms with Crippen LogP contribution in [0.2, 0.25) is 0 Å². The number of carbonyl (C=O) groups is 1. The van der Waals surface area contributed by atoms with Crippen LogP contribution in [0.4, 0.5) is 0 Å². The fourth-order valence-corrected chi connectivity index (χ4v) is 2.45. The molecular formula is C17H23N3O2. The summed E-state index contributed by atoms with van der Waals surface area (Å²) in [5.41, 5.74) is 2.95. The first-order valence-electron chi connectivity index (χ1n) is 7.32. The number of aliphatic carboxylic acids is 1. The first-order chi connectivity index (χ1) is 10.3. The van der Waals surface area contributed by atoms with Crippen LogP contribution in [0.5, 0.6) is 0 Å². The van der Waals surface area contributed by atoms with Crippen molar-refractivity contribution in [1.29, 1.82) is 0 Å². The van der Waals surface area contributed by atoms with Gasteiger partial charge in [0.2, 0.25) is 0 Å². The molecule has 0 saturated heterocycles. The molecule has 5 heteroatoms. The molecule has 0 radical (unpaired) electrons. The van der Waals surface area contributed by atoms with E-state index in [1.165, 1.54) is 0 Å². The fraction of sp³-hybridized carbons (Fsp3) is 0.412. The van der Waals surface area contributed by atoms with Crippen LogP contribution in [-0.2, 0) is 16.8 Å². The predicted octanol–water partition coefficient (Wildman–Crippen LogP) is 2.69. The van der Waals surface area contributed by atoms with Crippen molar-refractivity contribution in [3.8, 4) is 5.69 Å². The number of aromatic nitrogens is 2. The smallest absolute Gasteiger partial charge is 0.317 e. The number of rotatable bonds is 5. The molecule has 22 heavy (non-hydrogen) atoms. The Morgan fingerprint density at radius 3 is 2.45 bits per heavy atom. The van der Waals surface area contributed by atoms with Crippen LogP contribution in [0.1, 0.15) is 32.0 Å². The number of carboxylic acid groups (broad SMARTS) is 1. The van der Waals surface area contributed by atoms with E-state index < -0.39 is 5.97 Å². The lowest BCUT2D eigenvalue weighted by molar-refractivity contribution is -0.138. The third-order valence-corrected chi connectivity index (χ3v) is 3.37. The third-order valence-electron chi connectivity index (χ3n) is 3.37. The molecule has 0 aliphatic carbocycles. The van der Waals surface area contributed by atoms with Crippen LogP contribution in [0, 0.1) is 0 Å². The summed E-state index contributed by atoms with van der Waals surface area (Å²) in [6.45, 7) is 6.92. The van der Waals surface area contributed by atoms with Crippen molar-refractivity contribution in [1.82, 2.24) is 14.7 Å². The Kier molecular flexibility index (Phi) is 4.66. The van der Waals surface area contributed by atoms with E-state index >= 15 is 0 Å². The number of likely N-dealkylation sites (N-methyl/N-ethyl adjacent to an activating group) is 1. The zero-order valence-electron chi connectivity index (χ0n) is 13.6. The highest BCUT2D eigenvalue weighted by atomic mass is 16.4. The second kappa shape index (κ2) is 6.32. The Morgan fingerprint density at radius 2 is 1.91 bits per heavy atom. The maximum atomic E-state index is 10.8. The zero-order valence-corrected chi connectivity index (χ0v) is 13.6. The summed E-state index contributed by atoms with van der Waals surface area (Å²) in [6.07, 6.45) is 1.99. The minimum Gasteiger partial charge on any atom is -0.480 e. The number of nitrogens with zero attached hydrogens (tertiary/aromatic N) is 3. The van der Waals surface area contributed by atoms with Gasteiger partial charge in [0.1, 0.15) is 0 Å². The maximum absolute atomic E-state index is 10.8. The molecule has 0 unspecified atom stereocenters. The summed E-state index contributed by atoms with van der Waals surface area (Å²) in [6, 6.07) is 9.93. The summed E-state index contributed by atoms with van der Waals surface area (Å²) in [7, 11) is 1.81. The van der Waals surface area contributed by atoms with Crippen LogP contribution in [0.15, 0.2) is 36.5 Å². The first-order valence-corrected chi connectivity index (χ1v) is 7.32. The molecule has 1 aromatic carbocycles. The van der Waals surface area contributed by atoms with Gasteiger partial charge in [0.25, 0.3) is 0 Å². The van der Waals surface area contributed by atoms with E-state index in [0.29, 0.717) is 6.54 Å². The van der Waals surface area contributed by atoms with Crippen molar-refractivity contribution in [2.24, 2.45) is 0 Å². The minimum atomic E-state index is -0.824. The first kappa shape index (κ1) is 16.2. The Balaban J connectivity index is 2.35. The molecule has 0 fully saturated rings. The van der Waals surface area contributed by atoms with Gasteiger partial charge in [-0.1, -0.05) is 39.0 Å². The molecule has 1 aromatic heterocycles. The monoisotopic (exact) mass is 301 g/mol. The third kappa shape index (κ3) is 3.95. The van der Waals surface area contributed by atoms with Gasteiger partial charge >= 0.3 is 5.97 Å². The number of carboxylic acids is 1. The highest BCUT2D eigenvalue weighted by molar-refractivity contribution is 5.69. The minimum absolute atomic E-state index is 0.0140. The van der Waals surface area contributed by atoms with Crippen LogP contribution in [0.3, 0.4) is 0 Å². The lowest BCUT2D eigenvalue weighted by atomic mass is 9.89. The maximum Gasteiger partial charge on any atom is 0.317 e. The number of para-hydroxylation sites is 1. The quantitative estimate of drug-likeness (QED) is 0.922. The van der Waals surface area contributed by atoms with Gasteiger partial charge in [0, 0.05) is 23.7 Å².